The van der Waals surface area contributed by atoms with Crippen LogP contribution < -0.4 is 21.1 Å². The molecule has 0 saturated heterocycles. The van der Waals surface area contributed by atoms with Gasteiger partial charge in [0.1, 0.15) is 28.8 Å². The lowest BCUT2D eigenvalue weighted by molar-refractivity contribution is -0.139. The van der Waals surface area contributed by atoms with E-state index in [-0.39, 0.29) is 40.3 Å². The van der Waals surface area contributed by atoms with Gasteiger partial charge in [0.05, 0.1) is 24.2 Å². The molecule has 0 aliphatic carbocycles. The van der Waals surface area contributed by atoms with Gasteiger partial charge >= 0.3 is 12.0 Å². The largest absolute Gasteiger partial charge is 0.481 e. The number of carboxylic acids is 1. The Kier molecular flexibility index (Phi) is 10.1. The third-order valence-electron chi connectivity index (χ3n) is 4.31. The van der Waals surface area contributed by atoms with Crippen molar-refractivity contribution in [3.8, 4) is 5.88 Å². The van der Waals surface area contributed by atoms with Crippen LogP contribution in [0, 0.1) is 11.6 Å². The SMILES string of the molecule is NC(=O)c1c(OCc2c(F)cc(Br)cc2F)nsc1NC(=O)NCC[C@@H](O)C[C@@H](O)CC(=O)O. The van der Waals surface area contributed by atoms with Gasteiger partial charge in [-0.2, -0.15) is 4.37 Å². The number of primary amides is 1. The fourth-order valence-corrected chi connectivity index (χ4v) is 3.88. The molecule has 0 aliphatic heterocycles. The molecule has 0 aliphatic rings. The Labute approximate surface area is 204 Å². The maximum absolute atomic E-state index is 14.0. The molecule has 11 nitrogen and oxygen atoms in total. The molecular weight excluding hydrogens is 546 g/mol. The summed E-state index contributed by atoms with van der Waals surface area (Å²) < 4.78 is 37.2. The summed E-state index contributed by atoms with van der Waals surface area (Å²) in [5.74, 6) is -4.28. The summed E-state index contributed by atoms with van der Waals surface area (Å²) in [5, 5.41) is 32.5. The Bertz CT molecular complexity index is 1030. The van der Waals surface area contributed by atoms with Crippen molar-refractivity contribution in [2.75, 3.05) is 11.9 Å². The van der Waals surface area contributed by atoms with Crippen LogP contribution >= 0.6 is 27.5 Å². The van der Waals surface area contributed by atoms with Crippen molar-refractivity contribution >= 4 is 50.4 Å². The molecule has 2 rings (SSSR count). The number of carbonyl (C=O) groups excluding carboxylic acids is 2. The third-order valence-corrected chi connectivity index (χ3v) is 5.51. The van der Waals surface area contributed by atoms with Gasteiger partial charge in [-0.25, -0.2) is 13.6 Å². The van der Waals surface area contributed by atoms with Crippen molar-refractivity contribution in [2.45, 2.75) is 38.1 Å². The second kappa shape index (κ2) is 12.5. The van der Waals surface area contributed by atoms with E-state index >= 15 is 0 Å². The number of aliphatic hydroxyl groups is 2. The average molecular weight is 567 g/mol. The molecule has 2 aromatic rings. The van der Waals surface area contributed by atoms with E-state index in [1.54, 1.807) is 0 Å². The zero-order valence-electron chi connectivity index (χ0n) is 17.4. The van der Waals surface area contributed by atoms with Crippen molar-refractivity contribution in [3.05, 3.63) is 39.4 Å². The van der Waals surface area contributed by atoms with Crippen molar-refractivity contribution in [1.29, 1.82) is 0 Å². The number of rotatable bonds is 12. The van der Waals surface area contributed by atoms with Crippen LogP contribution in [0.2, 0.25) is 0 Å². The maximum Gasteiger partial charge on any atom is 0.319 e. The summed E-state index contributed by atoms with van der Waals surface area (Å²) in [6, 6.07) is 1.30. The molecule has 0 unspecified atom stereocenters. The number of carboxylic acid groups (broad SMARTS) is 1. The van der Waals surface area contributed by atoms with Gasteiger partial charge in [-0.1, -0.05) is 15.9 Å². The fourth-order valence-electron chi connectivity index (χ4n) is 2.74. The number of hydrogen-bond donors (Lipinski definition) is 6. The fraction of sp³-hybridized carbons (Fsp3) is 0.368. The quantitative estimate of drug-likeness (QED) is 0.225. The van der Waals surface area contributed by atoms with Crippen LogP contribution in [0.4, 0.5) is 18.6 Å². The molecule has 1 aromatic heterocycles. The highest BCUT2D eigenvalue weighted by atomic mass is 79.9. The summed E-state index contributed by atoms with van der Waals surface area (Å²) >= 11 is 3.61. The molecule has 15 heteroatoms. The standard InChI is InChI=1S/C19H21BrF2N4O7S/c20-8-3-12(21)11(13(22)4-8)7-33-17-15(16(23)31)18(34-26-17)25-19(32)24-2-1-9(27)5-10(28)6-14(29)30/h3-4,9-10,27-28H,1-2,5-7H2,(H2,23,31)(H,29,30)(H2,24,25,32)/t9-,10-/m1/s1. The van der Waals surface area contributed by atoms with E-state index < -0.39 is 60.3 Å². The van der Waals surface area contributed by atoms with Crippen LogP contribution in [0.1, 0.15) is 35.2 Å². The predicted molar refractivity (Wildman–Crippen MR) is 120 cm³/mol. The maximum atomic E-state index is 14.0. The minimum Gasteiger partial charge on any atom is -0.481 e. The highest BCUT2D eigenvalue weighted by Crippen LogP contribution is 2.31. The number of nitrogens with zero attached hydrogens (tertiary/aromatic N) is 1. The number of nitrogens with one attached hydrogen (secondary N) is 2. The molecule has 34 heavy (non-hydrogen) atoms. The molecule has 1 heterocycles. The van der Waals surface area contributed by atoms with E-state index in [4.69, 9.17) is 15.6 Å². The second-order valence-electron chi connectivity index (χ2n) is 7.00. The Morgan fingerprint density at radius 1 is 1.21 bits per heavy atom. The number of nitrogens with two attached hydrogens (primary N) is 1. The van der Waals surface area contributed by atoms with E-state index in [9.17, 15) is 33.4 Å². The molecule has 0 saturated carbocycles. The summed E-state index contributed by atoms with van der Waals surface area (Å²) in [5.41, 5.74) is 4.63. The third kappa shape index (κ3) is 8.16. The van der Waals surface area contributed by atoms with E-state index in [0.717, 1.165) is 12.1 Å². The van der Waals surface area contributed by atoms with E-state index in [1.165, 1.54) is 0 Å². The number of ether oxygens (including phenoxy) is 1. The lowest BCUT2D eigenvalue weighted by Crippen LogP contribution is -2.32. The topological polar surface area (TPSA) is 184 Å². The molecule has 2 atom stereocenters. The zero-order valence-corrected chi connectivity index (χ0v) is 19.8. The number of aromatic nitrogens is 1. The highest BCUT2D eigenvalue weighted by Gasteiger charge is 2.23. The number of carbonyl (C=O) groups is 3. The normalized spacial score (nSPS) is 12.6. The summed E-state index contributed by atoms with van der Waals surface area (Å²) in [6.45, 7) is -0.630. The van der Waals surface area contributed by atoms with E-state index in [2.05, 4.69) is 30.9 Å². The Balaban J connectivity index is 1.93. The minimum atomic E-state index is -1.23. The molecule has 186 valence electrons. The van der Waals surface area contributed by atoms with Crippen LogP contribution in [-0.4, -0.2) is 56.4 Å². The first-order valence-corrected chi connectivity index (χ1v) is 11.2. The van der Waals surface area contributed by atoms with Gasteiger partial charge in [-0.15, -0.1) is 0 Å². The van der Waals surface area contributed by atoms with Crippen LogP contribution in [0.3, 0.4) is 0 Å². The van der Waals surface area contributed by atoms with Gasteiger partial charge in [0.25, 0.3) is 5.91 Å². The molecule has 0 fully saturated rings. The first-order valence-electron chi connectivity index (χ1n) is 9.66. The molecule has 7 N–H and O–H groups in total. The number of halogens is 3. The molecule has 0 radical (unpaired) electrons. The molecule has 3 amide bonds. The first-order chi connectivity index (χ1) is 16.0. The summed E-state index contributed by atoms with van der Waals surface area (Å²) in [6.07, 6.45) is -2.96. The number of aliphatic hydroxyl groups excluding tert-OH is 2. The number of hydrogen-bond acceptors (Lipinski definition) is 8. The Morgan fingerprint density at radius 3 is 2.44 bits per heavy atom. The van der Waals surface area contributed by atoms with Crippen LogP contribution in [0.5, 0.6) is 5.88 Å². The van der Waals surface area contributed by atoms with E-state index in [1.807, 2.05) is 0 Å². The first kappa shape index (κ1) is 27.4. The van der Waals surface area contributed by atoms with Crippen LogP contribution in [0.25, 0.3) is 0 Å². The zero-order chi connectivity index (χ0) is 25.4. The number of aliphatic carboxylic acids is 1. The van der Waals surface area contributed by atoms with Crippen molar-refractivity contribution < 1.29 is 43.2 Å². The van der Waals surface area contributed by atoms with Gasteiger partial charge < -0.3 is 31.1 Å². The number of urea groups is 1. The number of benzene rings is 1. The lowest BCUT2D eigenvalue weighted by atomic mass is 10.1. The monoisotopic (exact) mass is 566 g/mol. The molecule has 0 spiro atoms. The van der Waals surface area contributed by atoms with Crippen molar-refractivity contribution in [2.24, 2.45) is 5.73 Å². The van der Waals surface area contributed by atoms with Crippen LogP contribution in [-0.2, 0) is 11.4 Å². The van der Waals surface area contributed by atoms with Gasteiger partial charge in [0.15, 0.2) is 0 Å². The lowest BCUT2D eigenvalue weighted by Gasteiger charge is -2.14. The highest BCUT2D eigenvalue weighted by molar-refractivity contribution is 9.10. The molecular formula is C19H21BrF2N4O7S. The number of anilines is 1. The average Bonchev–Trinajstić information content (AvgIpc) is 3.08. The number of amides is 3. The predicted octanol–water partition coefficient (Wildman–Crippen LogP) is 1.96. The Hall–Kier alpha value is -2.88. The van der Waals surface area contributed by atoms with Crippen LogP contribution in [0.15, 0.2) is 16.6 Å². The summed E-state index contributed by atoms with van der Waals surface area (Å²) in [4.78, 5) is 34.5. The molecule has 0 bridgehead atoms. The van der Waals surface area contributed by atoms with Gasteiger partial charge in [-0.05, 0) is 36.5 Å². The van der Waals surface area contributed by atoms with Gasteiger partial charge in [0, 0.05) is 11.0 Å². The van der Waals surface area contributed by atoms with Crippen molar-refractivity contribution in [1.82, 2.24) is 9.69 Å². The molecule has 1 aromatic carbocycles. The van der Waals surface area contributed by atoms with Gasteiger partial charge in [-0.3, -0.25) is 14.9 Å². The minimum absolute atomic E-state index is 0.0220. The Morgan fingerprint density at radius 2 is 1.85 bits per heavy atom. The van der Waals surface area contributed by atoms with Crippen molar-refractivity contribution in [3.63, 3.8) is 0 Å². The van der Waals surface area contributed by atoms with Gasteiger partial charge in [0.2, 0.25) is 5.88 Å². The second-order valence-corrected chi connectivity index (χ2v) is 8.69. The van der Waals surface area contributed by atoms with E-state index in [0.29, 0.717) is 11.5 Å². The summed E-state index contributed by atoms with van der Waals surface area (Å²) in [7, 11) is 0. The smallest absolute Gasteiger partial charge is 0.319 e.